The molecule has 0 radical (unpaired) electrons. The molecule has 1 saturated heterocycles. The van der Waals surface area contributed by atoms with E-state index in [1.165, 1.54) is 12.3 Å². The smallest absolute Gasteiger partial charge is 0.317 e. The molecule has 2 heterocycles. The summed E-state index contributed by atoms with van der Waals surface area (Å²) in [7, 11) is 0. The van der Waals surface area contributed by atoms with Crippen molar-refractivity contribution in [3.63, 3.8) is 0 Å². The minimum absolute atomic E-state index is 0.338. The quantitative estimate of drug-likeness (QED) is 0.879. The Morgan fingerprint density at radius 1 is 1.28 bits per heavy atom. The van der Waals surface area contributed by atoms with Crippen LogP contribution in [0.25, 0.3) is 5.57 Å². The lowest BCUT2D eigenvalue weighted by Crippen LogP contribution is -2.28. The molecule has 1 aromatic rings. The zero-order chi connectivity index (χ0) is 13.2. The third-order valence-corrected chi connectivity index (χ3v) is 3.26. The molecule has 0 spiro atoms. The Morgan fingerprint density at radius 3 is 2.44 bits per heavy atom. The Bertz CT molecular complexity index is 417. The van der Waals surface area contributed by atoms with E-state index in [4.69, 9.17) is 0 Å². The van der Waals surface area contributed by atoms with Crippen molar-refractivity contribution in [3.05, 3.63) is 36.2 Å². The van der Waals surface area contributed by atoms with Crippen molar-refractivity contribution >= 4 is 5.57 Å². The highest BCUT2D eigenvalue weighted by atomic mass is 19.4. The molecule has 0 amide bonds. The van der Waals surface area contributed by atoms with Crippen molar-refractivity contribution in [1.29, 1.82) is 0 Å². The summed E-state index contributed by atoms with van der Waals surface area (Å²) in [5.41, 5.74) is 0.733. The maximum Gasteiger partial charge on any atom is 0.433 e. The maximum atomic E-state index is 12.4. The molecule has 0 atom stereocenters. The van der Waals surface area contributed by atoms with Crippen LogP contribution in [0.1, 0.15) is 24.1 Å². The number of hydrogen-bond donors (Lipinski definition) is 1. The Kier molecular flexibility index (Phi) is 3.71. The second kappa shape index (κ2) is 5.10. The number of pyridine rings is 1. The van der Waals surface area contributed by atoms with E-state index < -0.39 is 11.9 Å². The molecule has 0 aliphatic carbocycles. The van der Waals surface area contributed by atoms with Gasteiger partial charge in [-0.2, -0.15) is 13.2 Å². The van der Waals surface area contributed by atoms with Gasteiger partial charge in [-0.05, 0) is 49.1 Å². The zero-order valence-corrected chi connectivity index (χ0v) is 9.93. The summed E-state index contributed by atoms with van der Waals surface area (Å²) in [4.78, 5) is 3.46. The van der Waals surface area contributed by atoms with Crippen molar-refractivity contribution in [2.75, 3.05) is 13.1 Å². The monoisotopic (exact) mass is 256 g/mol. The van der Waals surface area contributed by atoms with Crippen LogP contribution in [-0.4, -0.2) is 18.1 Å². The first-order chi connectivity index (χ1) is 8.48. The Hall–Kier alpha value is -1.36. The molecule has 1 fully saturated rings. The van der Waals surface area contributed by atoms with Crippen molar-refractivity contribution < 1.29 is 13.2 Å². The van der Waals surface area contributed by atoms with Gasteiger partial charge in [-0.3, -0.25) is 4.98 Å². The van der Waals surface area contributed by atoms with Gasteiger partial charge in [0, 0.05) is 6.20 Å². The number of allylic oxidation sites excluding steroid dienone is 1. The molecule has 0 aromatic carbocycles. The Morgan fingerprint density at radius 2 is 1.94 bits per heavy atom. The summed E-state index contributed by atoms with van der Waals surface area (Å²) in [5.74, 6) is 0.338. The highest BCUT2D eigenvalue weighted by Gasteiger charge is 2.32. The van der Waals surface area contributed by atoms with Gasteiger partial charge in [-0.1, -0.05) is 12.6 Å². The van der Waals surface area contributed by atoms with E-state index in [1.54, 1.807) is 0 Å². The molecule has 2 nitrogen and oxygen atoms in total. The molecule has 0 bridgehead atoms. The SMILES string of the molecule is C=C(c1ccc(C(F)(F)F)nc1)C1CCNCC1. The number of halogens is 3. The Balaban J connectivity index is 2.11. The van der Waals surface area contributed by atoms with E-state index in [1.807, 2.05) is 0 Å². The van der Waals surface area contributed by atoms with Gasteiger partial charge in [0.1, 0.15) is 5.69 Å². The van der Waals surface area contributed by atoms with Gasteiger partial charge >= 0.3 is 6.18 Å². The normalized spacial score (nSPS) is 17.7. The van der Waals surface area contributed by atoms with E-state index in [0.717, 1.165) is 37.6 Å². The van der Waals surface area contributed by atoms with E-state index in [9.17, 15) is 13.2 Å². The molecule has 18 heavy (non-hydrogen) atoms. The van der Waals surface area contributed by atoms with Gasteiger partial charge in [0.15, 0.2) is 0 Å². The van der Waals surface area contributed by atoms with E-state index in [2.05, 4.69) is 16.9 Å². The minimum Gasteiger partial charge on any atom is -0.317 e. The number of aromatic nitrogens is 1. The van der Waals surface area contributed by atoms with Gasteiger partial charge in [-0.25, -0.2) is 0 Å². The van der Waals surface area contributed by atoms with Crippen LogP contribution in [0.2, 0.25) is 0 Å². The maximum absolute atomic E-state index is 12.4. The molecule has 98 valence electrons. The minimum atomic E-state index is -4.38. The summed E-state index contributed by atoms with van der Waals surface area (Å²) in [5, 5.41) is 3.24. The summed E-state index contributed by atoms with van der Waals surface area (Å²) < 4.78 is 37.1. The van der Waals surface area contributed by atoms with Gasteiger partial charge in [0.2, 0.25) is 0 Å². The second-order valence-corrected chi connectivity index (χ2v) is 4.48. The average molecular weight is 256 g/mol. The molecule has 0 unspecified atom stereocenters. The van der Waals surface area contributed by atoms with Crippen LogP contribution in [0.15, 0.2) is 24.9 Å². The van der Waals surface area contributed by atoms with Crippen LogP contribution in [0, 0.1) is 5.92 Å². The number of piperidine rings is 1. The van der Waals surface area contributed by atoms with Crippen molar-refractivity contribution in [1.82, 2.24) is 10.3 Å². The number of hydrogen-bond acceptors (Lipinski definition) is 2. The fraction of sp³-hybridized carbons (Fsp3) is 0.462. The van der Waals surface area contributed by atoms with E-state index >= 15 is 0 Å². The van der Waals surface area contributed by atoms with Crippen LogP contribution in [0.3, 0.4) is 0 Å². The van der Waals surface area contributed by atoms with Crippen molar-refractivity contribution in [3.8, 4) is 0 Å². The molecule has 1 aliphatic rings. The fourth-order valence-electron chi connectivity index (χ4n) is 2.16. The summed E-state index contributed by atoms with van der Waals surface area (Å²) in [6, 6.07) is 2.47. The lowest BCUT2D eigenvalue weighted by Gasteiger charge is -2.24. The summed E-state index contributed by atoms with van der Waals surface area (Å²) >= 11 is 0. The molecule has 1 aromatic heterocycles. The van der Waals surface area contributed by atoms with E-state index in [-0.39, 0.29) is 0 Å². The Labute approximate surface area is 104 Å². The number of nitrogens with one attached hydrogen (secondary N) is 1. The largest absolute Gasteiger partial charge is 0.433 e. The van der Waals surface area contributed by atoms with Crippen molar-refractivity contribution in [2.24, 2.45) is 5.92 Å². The first-order valence-corrected chi connectivity index (χ1v) is 5.91. The van der Waals surface area contributed by atoms with Gasteiger partial charge in [0.25, 0.3) is 0 Å². The van der Waals surface area contributed by atoms with Crippen LogP contribution >= 0.6 is 0 Å². The van der Waals surface area contributed by atoms with Crippen LogP contribution in [0.4, 0.5) is 13.2 Å². The highest BCUT2D eigenvalue weighted by Crippen LogP contribution is 2.31. The number of nitrogens with zero attached hydrogens (tertiary/aromatic N) is 1. The first kappa shape index (κ1) is 13.1. The van der Waals surface area contributed by atoms with Gasteiger partial charge < -0.3 is 5.32 Å². The third kappa shape index (κ3) is 2.90. The highest BCUT2D eigenvalue weighted by molar-refractivity contribution is 5.64. The number of alkyl halides is 3. The first-order valence-electron chi connectivity index (χ1n) is 5.91. The third-order valence-electron chi connectivity index (χ3n) is 3.26. The fourth-order valence-corrected chi connectivity index (χ4v) is 2.16. The number of rotatable bonds is 2. The second-order valence-electron chi connectivity index (χ2n) is 4.48. The summed E-state index contributed by atoms with van der Waals surface area (Å²) in [6.07, 6.45) is -1.17. The van der Waals surface area contributed by atoms with Gasteiger partial charge in [0.05, 0.1) is 0 Å². The molecular formula is C13H15F3N2. The molecule has 5 heteroatoms. The van der Waals surface area contributed by atoms with Crippen LogP contribution < -0.4 is 5.32 Å². The predicted molar refractivity (Wildman–Crippen MR) is 63.9 cm³/mol. The molecule has 1 N–H and O–H groups in total. The van der Waals surface area contributed by atoms with Crippen molar-refractivity contribution in [2.45, 2.75) is 19.0 Å². The standard InChI is InChI=1S/C13H15F3N2/c1-9(10-4-6-17-7-5-10)11-2-3-12(18-8-11)13(14,15)16/h2-3,8,10,17H,1,4-7H2. The molecule has 2 rings (SSSR count). The predicted octanol–water partition coefficient (Wildman–Crippen LogP) is 3.11. The van der Waals surface area contributed by atoms with Crippen LogP contribution in [-0.2, 0) is 6.18 Å². The molecule has 0 saturated carbocycles. The van der Waals surface area contributed by atoms with E-state index in [0.29, 0.717) is 11.5 Å². The summed E-state index contributed by atoms with van der Waals surface area (Å²) in [6.45, 7) is 5.85. The molecular weight excluding hydrogens is 241 g/mol. The topological polar surface area (TPSA) is 24.9 Å². The average Bonchev–Trinajstić information content (AvgIpc) is 2.38. The lowest BCUT2D eigenvalue weighted by atomic mass is 9.87. The van der Waals surface area contributed by atoms with Crippen LogP contribution in [0.5, 0.6) is 0 Å². The molecule has 1 aliphatic heterocycles. The lowest BCUT2D eigenvalue weighted by molar-refractivity contribution is -0.141. The van der Waals surface area contributed by atoms with Gasteiger partial charge in [-0.15, -0.1) is 0 Å². The zero-order valence-electron chi connectivity index (χ0n) is 9.93.